The second kappa shape index (κ2) is 7.40. The van der Waals surface area contributed by atoms with Crippen LogP contribution in [0.5, 0.6) is 0 Å². The van der Waals surface area contributed by atoms with Crippen LogP contribution in [-0.2, 0) is 16.1 Å². The zero-order chi connectivity index (χ0) is 19.5. The standard InChI is InChI=1S/C21H15NO6/c1-25-20(23)13-6-8-14(9-7-13)21(24)26-12-16-11-19(28-22-16)18-10-15-4-2-3-5-17(15)27-18/h2-11H,12H2,1H3. The highest BCUT2D eigenvalue weighted by molar-refractivity contribution is 5.93. The van der Waals surface area contributed by atoms with Gasteiger partial charge in [0, 0.05) is 11.5 Å². The molecule has 0 radical (unpaired) electrons. The molecule has 0 spiro atoms. The molecule has 2 aromatic carbocycles. The molecule has 4 aromatic rings. The Morgan fingerprint density at radius 2 is 1.64 bits per heavy atom. The van der Waals surface area contributed by atoms with Crippen molar-refractivity contribution in [3.05, 3.63) is 77.5 Å². The summed E-state index contributed by atoms with van der Waals surface area (Å²) < 4.78 is 20.9. The van der Waals surface area contributed by atoms with Crippen LogP contribution in [0.25, 0.3) is 22.5 Å². The zero-order valence-electron chi connectivity index (χ0n) is 14.9. The molecule has 0 saturated carbocycles. The molecular weight excluding hydrogens is 362 g/mol. The summed E-state index contributed by atoms with van der Waals surface area (Å²) in [6.45, 7) is -0.0543. The number of furan rings is 1. The molecular formula is C21H15NO6. The van der Waals surface area contributed by atoms with E-state index in [1.54, 1.807) is 6.07 Å². The highest BCUT2D eigenvalue weighted by Gasteiger charge is 2.14. The Morgan fingerprint density at radius 3 is 2.36 bits per heavy atom. The number of ether oxygens (including phenoxy) is 2. The number of hydrogen-bond donors (Lipinski definition) is 0. The van der Waals surface area contributed by atoms with Crippen molar-refractivity contribution in [2.24, 2.45) is 0 Å². The monoisotopic (exact) mass is 377 g/mol. The number of para-hydroxylation sites is 1. The molecule has 4 rings (SSSR count). The fourth-order valence-electron chi connectivity index (χ4n) is 2.68. The highest BCUT2D eigenvalue weighted by atomic mass is 16.5. The van der Waals surface area contributed by atoms with Gasteiger partial charge in [0.05, 0.1) is 18.2 Å². The lowest BCUT2D eigenvalue weighted by Gasteiger charge is -2.03. The third kappa shape index (κ3) is 3.50. The number of methoxy groups -OCH3 is 1. The number of aromatic nitrogens is 1. The number of fused-ring (bicyclic) bond motifs is 1. The average molecular weight is 377 g/mol. The van der Waals surface area contributed by atoms with E-state index >= 15 is 0 Å². The van der Waals surface area contributed by atoms with E-state index < -0.39 is 11.9 Å². The van der Waals surface area contributed by atoms with Gasteiger partial charge in [0.1, 0.15) is 17.9 Å². The van der Waals surface area contributed by atoms with Gasteiger partial charge in [-0.05, 0) is 36.4 Å². The van der Waals surface area contributed by atoms with Gasteiger partial charge in [-0.2, -0.15) is 0 Å². The first kappa shape index (κ1) is 17.5. The van der Waals surface area contributed by atoms with Crippen molar-refractivity contribution in [1.82, 2.24) is 5.16 Å². The Hall–Kier alpha value is -3.87. The third-order valence-electron chi connectivity index (χ3n) is 4.12. The van der Waals surface area contributed by atoms with Gasteiger partial charge in [-0.25, -0.2) is 9.59 Å². The molecule has 0 unspecified atom stereocenters. The fourth-order valence-corrected chi connectivity index (χ4v) is 2.68. The van der Waals surface area contributed by atoms with Crippen molar-refractivity contribution in [3.8, 4) is 11.5 Å². The number of carbonyl (C=O) groups is 2. The molecule has 2 heterocycles. The SMILES string of the molecule is COC(=O)c1ccc(C(=O)OCc2cc(-c3cc4ccccc4o3)on2)cc1. The number of rotatable bonds is 5. The van der Waals surface area contributed by atoms with Crippen LogP contribution in [0.4, 0.5) is 0 Å². The van der Waals surface area contributed by atoms with E-state index in [9.17, 15) is 9.59 Å². The van der Waals surface area contributed by atoms with Crippen LogP contribution in [0.15, 0.2) is 69.6 Å². The molecule has 0 bridgehead atoms. The van der Waals surface area contributed by atoms with E-state index in [0.29, 0.717) is 28.3 Å². The number of hydrogen-bond acceptors (Lipinski definition) is 7. The summed E-state index contributed by atoms with van der Waals surface area (Å²) >= 11 is 0. The van der Waals surface area contributed by atoms with Crippen LogP contribution in [0, 0.1) is 0 Å². The Labute approximate surface area is 159 Å². The van der Waals surface area contributed by atoms with Gasteiger partial charge in [0.25, 0.3) is 0 Å². The van der Waals surface area contributed by atoms with E-state index in [2.05, 4.69) is 9.89 Å². The molecule has 2 aromatic heterocycles. The molecule has 0 aliphatic rings. The summed E-state index contributed by atoms with van der Waals surface area (Å²) in [6, 6.07) is 17.1. The second-order valence-electron chi connectivity index (χ2n) is 5.98. The van der Waals surface area contributed by atoms with Crippen LogP contribution in [0.3, 0.4) is 0 Å². The van der Waals surface area contributed by atoms with E-state index in [1.807, 2.05) is 30.3 Å². The van der Waals surface area contributed by atoms with E-state index in [1.165, 1.54) is 31.4 Å². The highest BCUT2D eigenvalue weighted by Crippen LogP contribution is 2.28. The molecule has 140 valence electrons. The van der Waals surface area contributed by atoms with Crippen LogP contribution in [-0.4, -0.2) is 24.2 Å². The summed E-state index contributed by atoms with van der Waals surface area (Å²) in [5, 5.41) is 4.86. The molecule has 0 N–H and O–H groups in total. The minimum atomic E-state index is -0.537. The molecule has 7 nitrogen and oxygen atoms in total. The maximum Gasteiger partial charge on any atom is 0.338 e. The number of carbonyl (C=O) groups excluding carboxylic acids is 2. The first-order chi connectivity index (χ1) is 13.6. The summed E-state index contributed by atoms with van der Waals surface area (Å²) in [5.41, 5.74) is 1.87. The van der Waals surface area contributed by atoms with Gasteiger partial charge in [-0.3, -0.25) is 0 Å². The summed E-state index contributed by atoms with van der Waals surface area (Å²) in [7, 11) is 1.29. The van der Waals surface area contributed by atoms with Crippen LogP contribution < -0.4 is 0 Å². The zero-order valence-corrected chi connectivity index (χ0v) is 14.9. The summed E-state index contributed by atoms with van der Waals surface area (Å²) in [5.74, 6) is -0.0142. The molecule has 7 heteroatoms. The molecule has 0 saturated heterocycles. The molecule has 0 fully saturated rings. The van der Waals surface area contributed by atoms with Crippen molar-refractivity contribution in [2.75, 3.05) is 7.11 Å². The number of esters is 2. The van der Waals surface area contributed by atoms with Crippen molar-refractivity contribution in [3.63, 3.8) is 0 Å². The maximum absolute atomic E-state index is 12.1. The lowest BCUT2D eigenvalue weighted by atomic mass is 10.1. The number of benzene rings is 2. The smallest absolute Gasteiger partial charge is 0.338 e. The lowest BCUT2D eigenvalue weighted by Crippen LogP contribution is -2.07. The Kier molecular flexibility index (Phi) is 4.63. The van der Waals surface area contributed by atoms with Gasteiger partial charge < -0.3 is 18.4 Å². The van der Waals surface area contributed by atoms with Crippen molar-refractivity contribution < 1.29 is 28.0 Å². The Balaban J connectivity index is 1.41. The first-order valence-corrected chi connectivity index (χ1v) is 8.44. The Morgan fingerprint density at radius 1 is 0.929 bits per heavy atom. The quantitative estimate of drug-likeness (QED) is 0.481. The normalized spacial score (nSPS) is 10.8. The van der Waals surface area contributed by atoms with Crippen molar-refractivity contribution in [2.45, 2.75) is 6.61 Å². The fraction of sp³-hybridized carbons (Fsp3) is 0.0952. The Bertz CT molecular complexity index is 1110. The van der Waals surface area contributed by atoms with Gasteiger partial charge in [0.2, 0.25) is 5.76 Å². The molecule has 28 heavy (non-hydrogen) atoms. The largest absolute Gasteiger partial charge is 0.465 e. The minimum Gasteiger partial charge on any atom is -0.465 e. The lowest BCUT2D eigenvalue weighted by molar-refractivity contribution is 0.0463. The van der Waals surface area contributed by atoms with E-state index in [4.69, 9.17) is 13.7 Å². The van der Waals surface area contributed by atoms with Gasteiger partial charge in [-0.15, -0.1) is 0 Å². The summed E-state index contributed by atoms with van der Waals surface area (Å²) in [4.78, 5) is 23.6. The number of nitrogens with zero attached hydrogens (tertiary/aromatic N) is 1. The third-order valence-corrected chi connectivity index (χ3v) is 4.12. The summed E-state index contributed by atoms with van der Waals surface area (Å²) in [6.07, 6.45) is 0. The maximum atomic E-state index is 12.1. The molecule has 0 amide bonds. The van der Waals surface area contributed by atoms with Gasteiger partial charge >= 0.3 is 11.9 Å². The van der Waals surface area contributed by atoms with Crippen molar-refractivity contribution in [1.29, 1.82) is 0 Å². The molecule has 0 atom stereocenters. The molecule has 0 aliphatic heterocycles. The van der Waals surface area contributed by atoms with E-state index in [0.717, 1.165) is 11.0 Å². The van der Waals surface area contributed by atoms with Gasteiger partial charge in [-0.1, -0.05) is 23.4 Å². The van der Waals surface area contributed by atoms with Crippen LogP contribution in [0.2, 0.25) is 0 Å². The minimum absolute atomic E-state index is 0.0543. The van der Waals surface area contributed by atoms with Crippen LogP contribution in [0.1, 0.15) is 26.4 Å². The van der Waals surface area contributed by atoms with Crippen LogP contribution >= 0.6 is 0 Å². The average Bonchev–Trinajstić information content (AvgIpc) is 3.38. The van der Waals surface area contributed by atoms with Crippen molar-refractivity contribution >= 4 is 22.9 Å². The second-order valence-corrected chi connectivity index (χ2v) is 5.98. The first-order valence-electron chi connectivity index (χ1n) is 8.44. The molecule has 0 aliphatic carbocycles. The van der Waals surface area contributed by atoms with Gasteiger partial charge in [0.15, 0.2) is 5.76 Å². The van der Waals surface area contributed by atoms with E-state index in [-0.39, 0.29) is 6.61 Å². The predicted octanol–water partition coefficient (Wildman–Crippen LogP) is 4.23. The topological polar surface area (TPSA) is 91.8 Å². The predicted molar refractivity (Wildman–Crippen MR) is 98.6 cm³/mol.